The Hall–Kier alpha value is -0.740. The Morgan fingerprint density at radius 1 is 1.70 bits per heavy atom. The minimum absolute atomic E-state index is 0.000556. The molecule has 0 saturated carbocycles. The van der Waals surface area contributed by atoms with E-state index in [1.54, 1.807) is 6.08 Å². The third kappa shape index (κ3) is 1.62. The lowest BCUT2D eigenvalue weighted by Gasteiger charge is -1.87. The highest BCUT2D eigenvalue weighted by Crippen LogP contribution is 2.15. The Morgan fingerprint density at radius 2 is 2.40 bits per heavy atom. The van der Waals surface area contributed by atoms with Crippen molar-refractivity contribution in [1.82, 2.24) is 0 Å². The van der Waals surface area contributed by atoms with Crippen LogP contribution in [0.1, 0.15) is 6.92 Å². The van der Waals surface area contributed by atoms with Gasteiger partial charge >= 0.3 is 0 Å². The van der Waals surface area contributed by atoms with Crippen molar-refractivity contribution >= 4 is 11.6 Å². The molecule has 0 radical (unpaired) electrons. The third-order valence-electron chi connectivity index (χ3n) is 1.15. The van der Waals surface area contributed by atoms with Gasteiger partial charge in [0.15, 0.2) is 0 Å². The van der Waals surface area contributed by atoms with E-state index in [1.807, 2.05) is 6.92 Å². The molecule has 1 unspecified atom stereocenters. The van der Waals surface area contributed by atoms with Gasteiger partial charge in [-0.15, -0.1) is 0 Å². The first-order valence-corrected chi connectivity index (χ1v) is 3.33. The van der Waals surface area contributed by atoms with Crippen molar-refractivity contribution in [2.45, 2.75) is 6.92 Å². The summed E-state index contributed by atoms with van der Waals surface area (Å²) in [7, 11) is 0. The Balaban J connectivity index is 2.98. The summed E-state index contributed by atoms with van der Waals surface area (Å²) in [5, 5.41) is 0.000556. The van der Waals surface area contributed by atoms with Gasteiger partial charge in [-0.05, 0) is 13.0 Å². The van der Waals surface area contributed by atoms with Crippen LogP contribution in [0.15, 0.2) is 23.0 Å². The van der Waals surface area contributed by atoms with Crippen molar-refractivity contribution < 1.29 is 4.39 Å². The highest BCUT2D eigenvalue weighted by Gasteiger charge is 2.01. The molecule has 0 N–H and O–H groups in total. The lowest BCUT2D eigenvalue weighted by molar-refractivity contribution is 0.664. The molecule has 1 aliphatic carbocycles. The fourth-order valence-corrected chi connectivity index (χ4v) is 0.705. The fraction of sp³-hybridized carbons (Fsp3) is 0.250. The van der Waals surface area contributed by atoms with Crippen LogP contribution in [0.3, 0.4) is 0 Å². The second kappa shape index (κ2) is 2.90. The molecule has 10 heavy (non-hydrogen) atoms. The number of hydrogen-bond acceptors (Lipinski definition) is 0. The molecule has 0 fully saturated rings. The van der Waals surface area contributed by atoms with Crippen LogP contribution in [0.4, 0.5) is 4.39 Å². The lowest BCUT2D eigenvalue weighted by Crippen LogP contribution is -1.79. The SMILES string of the molecule is CC1C#CC(Cl)=C(F)C=C1. The monoisotopic (exact) mass is 156 g/mol. The Kier molecular flexibility index (Phi) is 2.13. The average molecular weight is 157 g/mol. The van der Waals surface area contributed by atoms with Crippen molar-refractivity contribution in [3.05, 3.63) is 23.0 Å². The molecule has 0 saturated heterocycles. The molecule has 0 aromatic heterocycles. The van der Waals surface area contributed by atoms with Crippen LogP contribution < -0.4 is 0 Å². The molecule has 1 atom stereocenters. The van der Waals surface area contributed by atoms with Crippen LogP contribution in [0, 0.1) is 17.8 Å². The van der Waals surface area contributed by atoms with E-state index in [2.05, 4.69) is 11.8 Å². The smallest absolute Gasteiger partial charge is 0.150 e. The van der Waals surface area contributed by atoms with Gasteiger partial charge in [-0.3, -0.25) is 0 Å². The van der Waals surface area contributed by atoms with Gasteiger partial charge in [0.05, 0.1) is 0 Å². The molecule has 0 amide bonds. The van der Waals surface area contributed by atoms with Crippen molar-refractivity contribution in [2.75, 3.05) is 0 Å². The fourth-order valence-electron chi connectivity index (χ4n) is 0.587. The van der Waals surface area contributed by atoms with Crippen LogP contribution in [0.25, 0.3) is 0 Å². The lowest BCUT2D eigenvalue weighted by atomic mass is 10.2. The van der Waals surface area contributed by atoms with Crippen molar-refractivity contribution in [3.63, 3.8) is 0 Å². The highest BCUT2D eigenvalue weighted by atomic mass is 35.5. The molecule has 0 bridgehead atoms. The molecular formula is C8H6ClF. The first kappa shape index (κ1) is 7.37. The maximum absolute atomic E-state index is 12.6. The summed E-state index contributed by atoms with van der Waals surface area (Å²) < 4.78 is 12.6. The van der Waals surface area contributed by atoms with E-state index >= 15 is 0 Å². The quantitative estimate of drug-likeness (QED) is 0.473. The molecule has 0 aliphatic heterocycles. The van der Waals surface area contributed by atoms with Crippen LogP contribution >= 0.6 is 11.6 Å². The predicted octanol–water partition coefficient (Wildman–Crippen LogP) is 2.62. The van der Waals surface area contributed by atoms with Gasteiger partial charge in [0.1, 0.15) is 10.9 Å². The molecule has 0 aromatic rings. The van der Waals surface area contributed by atoms with Gasteiger partial charge in [0.25, 0.3) is 0 Å². The summed E-state index contributed by atoms with van der Waals surface area (Å²) in [6.07, 6.45) is 3.01. The molecular weight excluding hydrogens is 151 g/mol. The zero-order valence-electron chi connectivity index (χ0n) is 5.49. The van der Waals surface area contributed by atoms with Gasteiger partial charge in [-0.1, -0.05) is 29.5 Å². The standard InChI is InChI=1S/C8H6ClF/c1-6-2-4-7(9)8(10)5-3-6/h3,5-6H,1H3. The van der Waals surface area contributed by atoms with Gasteiger partial charge < -0.3 is 0 Å². The zero-order chi connectivity index (χ0) is 7.56. The maximum atomic E-state index is 12.6. The summed E-state index contributed by atoms with van der Waals surface area (Å²) >= 11 is 5.42. The van der Waals surface area contributed by atoms with E-state index < -0.39 is 5.83 Å². The van der Waals surface area contributed by atoms with Crippen LogP contribution in [-0.2, 0) is 0 Å². The van der Waals surface area contributed by atoms with Gasteiger partial charge in [0.2, 0.25) is 0 Å². The van der Waals surface area contributed by atoms with Crippen LogP contribution in [0.2, 0.25) is 0 Å². The molecule has 0 heterocycles. The summed E-state index contributed by atoms with van der Waals surface area (Å²) in [5.41, 5.74) is 0. The molecule has 1 rings (SSSR count). The van der Waals surface area contributed by atoms with Gasteiger partial charge in [-0.2, -0.15) is 0 Å². The van der Waals surface area contributed by atoms with E-state index in [1.165, 1.54) is 6.08 Å². The van der Waals surface area contributed by atoms with Crippen molar-refractivity contribution in [3.8, 4) is 11.8 Å². The first-order chi connectivity index (χ1) is 4.70. The first-order valence-electron chi connectivity index (χ1n) is 2.95. The summed E-state index contributed by atoms with van der Waals surface area (Å²) in [6, 6.07) is 0. The molecule has 0 nitrogen and oxygen atoms in total. The van der Waals surface area contributed by atoms with Gasteiger partial charge in [-0.25, -0.2) is 4.39 Å². The van der Waals surface area contributed by atoms with Crippen molar-refractivity contribution in [1.29, 1.82) is 0 Å². The Bertz CT molecular complexity index is 252. The van der Waals surface area contributed by atoms with E-state index in [-0.39, 0.29) is 11.0 Å². The van der Waals surface area contributed by atoms with Crippen LogP contribution in [-0.4, -0.2) is 0 Å². The number of halogens is 2. The van der Waals surface area contributed by atoms with E-state index in [9.17, 15) is 4.39 Å². The third-order valence-corrected chi connectivity index (χ3v) is 1.43. The molecule has 2 heteroatoms. The minimum atomic E-state index is -0.446. The molecule has 1 aliphatic rings. The summed E-state index contributed by atoms with van der Waals surface area (Å²) in [4.78, 5) is 0. The van der Waals surface area contributed by atoms with Crippen LogP contribution in [0.5, 0.6) is 0 Å². The molecule has 52 valence electrons. The van der Waals surface area contributed by atoms with E-state index in [4.69, 9.17) is 11.6 Å². The second-order valence-corrected chi connectivity index (χ2v) is 2.46. The van der Waals surface area contributed by atoms with E-state index in [0.29, 0.717) is 0 Å². The predicted molar refractivity (Wildman–Crippen MR) is 40.1 cm³/mol. The Labute approximate surface area is 64.4 Å². The average Bonchev–Trinajstić information content (AvgIpc) is 2.04. The van der Waals surface area contributed by atoms with E-state index in [0.717, 1.165) is 0 Å². The molecule has 0 aromatic carbocycles. The number of allylic oxidation sites excluding steroid dienone is 4. The largest absolute Gasteiger partial charge is 0.205 e. The number of hydrogen-bond donors (Lipinski definition) is 0. The van der Waals surface area contributed by atoms with Crippen molar-refractivity contribution in [2.24, 2.45) is 5.92 Å². The topological polar surface area (TPSA) is 0 Å². The second-order valence-electron chi connectivity index (χ2n) is 2.08. The summed E-state index contributed by atoms with van der Waals surface area (Å²) in [6.45, 7) is 1.88. The van der Waals surface area contributed by atoms with Gasteiger partial charge in [0, 0.05) is 5.92 Å². The molecule has 0 spiro atoms. The maximum Gasteiger partial charge on any atom is 0.150 e. The minimum Gasteiger partial charge on any atom is -0.205 e. The Morgan fingerprint density at radius 3 is 3.10 bits per heavy atom. The number of rotatable bonds is 0. The normalized spacial score (nSPS) is 23.7. The zero-order valence-corrected chi connectivity index (χ0v) is 6.24. The highest BCUT2D eigenvalue weighted by molar-refractivity contribution is 6.32. The summed E-state index contributed by atoms with van der Waals surface area (Å²) in [5.74, 6) is 4.90.